The average molecular weight is 207 g/mol. The van der Waals surface area contributed by atoms with E-state index in [2.05, 4.69) is 43.4 Å². The first-order chi connectivity index (χ1) is 7.24. The molecule has 15 heavy (non-hydrogen) atoms. The number of ether oxygens (including phenoxy) is 1. The Bertz CT molecular complexity index is 260. The molecule has 0 bridgehead atoms. The maximum Gasteiger partial charge on any atom is 0.0697 e. The number of likely N-dealkylation sites (N-methyl/N-ethyl adjacent to an activating group) is 1. The van der Waals surface area contributed by atoms with E-state index in [-0.39, 0.29) is 6.10 Å². The van der Waals surface area contributed by atoms with Crippen LogP contribution in [0.25, 0.3) is 0 Å². The summed E-state index contributed by atoms with van der Waals surface area (Å²) in [6.45, 7) is 5.02. The molecular weight excluding hydrogens is 186 g/mol. The Morgan fingerprint density at radius 3 is 2.47 bits per heavy atom. The number of hydrogen-bond acceptors (Lipinski definition) is 2. The summed E-state index contributed by atoms with van der Waals surface area (Å²) in [7, 11) is 1.96. The molecule has 1 aromatic carbocycles. The van der Waals surface area contributed by atoms with Gasteiger partial charge < -0.3 is 10.1 Å². The van der Waals surface area contributed by atoms with Crippen molar-refractivity contribution in [3.63, 3.8) is 0 Å². The molecule has 2 unspecified atom stereocenters. The van der Waals surface area contributed by atoms with Crippen LogP contribution in [-0.4, -0.2) is 25.8 Å². The van der Waals surface area contributed by atoms with E-state index < -0.39 is 0 Å². The van der Waals surface area contributed by atoms with Crippen LogP contribution >= 0.6 is 0 Å². The fourth-order valence-corrected chi connectivity index (χ4v) is 1.39. The van der Waals surface area contributed by atoms with E-state index in [9.17, 15) is 0 Å². The molecule has 0 spiro atoms. The summed E-state index contributed by atoms with van der Waals surface area (Å²) in [4.78, 5) is 0. The van der Waals surface area contributed by atoms with E-state index in [0.29, 0.717) is 6.04 Å². The minimum atomic E-state index is 0.263. The minimum absolute atomic E-state index is 0.263. The molecule has 0 aliphatic carbocycles. The van der Waals surface area contributed by atoms with Gasteiger partial charge >= 0.3 is 0 Å². The highest BCUT2D eigenvalue weighted by Crippen LogP contribution is 2.02. The zero-order valence-corrected chi connectivity index (χ0v) is 9.86. The van der Waals surface area contributed by atoms with Crippen LogP contribution in [0.2, 0.25) is 0 Å². The molecule has 0 aromatic heterocycles. The molecule has 1 N–H and O–H groups in total. The molecule has 0 fully saturated rings. The molecular formula is C13H21NO. The second-order valence-corrected chi connectivity index (χ2v) is 3.89. The lowest BCUT2D eigenvalue weighted by atomic mass is 10.1. The third-order valence-corrected chi connectivity index (χ3v) is 2.77. The van der Waals surface area contributed by atoms with Gasteiger partial charge in [0.1, 0.15) is 0 Å². The Balaban J connectivity index is 2.22. The van der Waals surface area contributed by atoms with Crippen molar-refractivity contribution in [2.24, 2.45) is 0 Å². The predicted molar refractivity (Wildman–Crippen MR) is 64.1 cm³/mol. The summed E-state index contributed by atoms with van der Waals surface area (Å²) < 4.78 is 5.74. The average Bonchev–Trinajstić information content (AvgIpc) is 2.29. The topological polar surface area (TPSA) is 21.3 Å². The second kappa shape index (κ2) is 6.59. The molecule has 2 atom stereocenters. The summed E-state index contributed by atoms with van der Waals surface area (Å²) in [5.74, 6) is 0. The largest absolute Gasteiger partial charge is 0.377 e. The van der Waals surface area contributed by atoms with Crippen molar-refractivity contribution < 1.29 is 4.74 Å². The van der Waals surface area contributed by atoms with Gasteiger partial charge in [0.15, 0.2) is 0 Å². The van der Waals surface area contributed by atoms with Gasteiger partial charge in [-0.05, 0) is 32.9 Å². The van der Waals surface area contributed by atoms with E-state index in [1.165, 1.54) is 5.56 Å². The molecule has 0 heterocycles. The Hall–Kier alpha value is -0.860. The Morgan fingerprint density at radius 2 is 1.87 bits per heavy atom. The van der Waals surface area contributed by atoms with Gasteiger partial charge in [0.2, 0.25) is 0 Å². The maximum atomic E-state index is 5.74. The third-order valence-electron chi connectivity index (χ3n) is 2.77. The predicted octanol–water partition coefficient (Wildman–Crippen LogP) is 2.24. The van der Waals surface area contributed by atoms with Gasteiger partial charge in [-0.25, -0.2) is 0 Å². The molecule has 2 nitrogen and oxygen atoms in total. The maximum absolute atomic E-state index is 5.74. The number of hydrogen-bond donors (Lipinski definition) is 1. The first kappa shape index (κ1) is 12.2. The van der Waals surface area contributed by atoms with Crippen molar-refractivity contribution >= 4 is 0 Å². The Morgan fingerprint density at radius 1 is 1.20 bits per heavy atom. The SMILES string of the molecule is CNC(C)C(C)OCCc1ccccc1. The molecule has 1 rings (SSSR count). The van der Waals surface area contributed by atoms with Crippen molar-refractivity contribution in [1.29, 1.82) is 0 Å². The van der Waals surface area contributed by atoms with Gasteiger partial charge in [0.25, 0.3) is 0 Å². The smallest absolute Gasteiger partial charge is 0.0697 e. The van der Waals surface area contributed by atoms with Gasteiger partial charge in [-0.1, -0.05) is 30.3 Å². The number of benzene rings is 1. The summed E-state index contributed by atoms with van der Waals surface area (Å²) in [5.41, 5.74) is 1.34. The first-order valence-corrected chi connectivity index (χ1v) is 5.57. The van der Waals surface area contributed by atoms with Crippen LogP contribution in [0.1, 0.15) is 19.4 Å². The van der Waals surface area contributed by atoms with Crippen LogP contribution in [0, 0.1) is 0 Å². The van der Waals surface area contributed by atoms with Crippen LogP contribution in [0.15, 0.2) is 30.3 Å². The Kier molecular flexibility index (Phi) is 5.37. The van der Waals surface area contributed by atoms with Crippen LogP contribution < -0.4 is 5.32 Å². The van der Waals surface area contributed by atoms with Crippen molar-refractivity contribution in [2.45, 2.75) is 32.4 Å². The molecule has 0 aliphatic heterocycles. The van der Waals surface area contributed by atoms with Crippen molar-refractivity contribution in [2.75, 3.05) is 13.7 Å². The highest BCUT2D eigenvalue weighted by atomic mass is 16.5. The Labute approximate surface area is 92.6 Å². The van der Waals surface area contributed by atoms with Crippen LogP contribution in [0.3, 0.4) is 0 Å². The molecule has 1 aromatic rings. The van der Waals surface area contributed by atoms with E-state index in [1.54, 1.807) is 0 Å². The summed E-state index contributed by atoms with van der Waals surface area (Å²) in [6, 6.07) is 10.8. The van der Waals surface area contributed by atoms with Crippen molar-refractivity contribution in [3.8, 4) is 0 Å². The van der Waals surface area contributed by atoms with Crippen LogP contribution in [0.4, 0.5) is 0 Å². The molecule has 0 aliphatic rings. The van der Waals surface area contributed by atoms with Crippen molar-refractivity contribution in [3.05, 3.63) is 35.9 Å². The minimum Gasteiger partial charge on any atom is -0.377 e. The monoisotopic (exact) mass is 207 g/mol. The second-order valence-electron chi connectivity index (χ2n) is 3.89. The summed E-state index contributed by atoms with van der Waals surface area (Å²) in [5, 5.41) is 3.19. The normalized spacial score (nSPS) is 14.9. The fourth-order valence-electron chi connectivity index (χ4n) is 1.39. The van der Waals surface area contributed by atoms with E-state index in [0.717, 1.165) is 13.0 Å². The highest BCUT2D eigenvalue weighted by Gasteiger charge is 2.09. The van der Waals surface area contributed by atoms with Crippen LogP contribution in [-0.2, 0) is 11.2 Å². The first-order valence-electron chi connectivity index (χ1n) is 5.57. The van der Waals surface area contributed by atoms with Gasteiger partial charge in [-0.3, -0.25) is 0 Å². The lowest BCUT2D eigenvalue weighted by molar-refractivity contribution is 0.0472. The number of rotatable bonds is 6. The van der Waals surface area contributed by atoms with Gasteiger partial charge in [-0.15, -0.1) is 0 Å². The van der Waals surface area contributed by atoms with Gasteiger partial charge in [-0.2, -0.15) is 0 Å². The molecule has 0 amide bonds. The van der Waals surface area contributed by atoms with E-state index in [1.807, 2.05) is 13.1 Å². The molecule has 0 saturated carbocycles. The third kappa shape index (κ3) is 4.45. The van der Waals surface area contributed by atoms with E-state index >= 15 is 0 Å². The molecule has 0 radical (unpaired) electrons. The zero-order valence-electron chi connectivity index (χ0n) is 9.86. The summed E-state index contributed by atoms with van der Waals surface area (Å²) in [6.07, 6.45) is 1.25. The lowest BCUT2D eigenvalue weighted by Gasteiger charge is -2.19. The van der Waals surface area contributed by atoms with Gasteiger partial charge in [0.05, 0.1) is 12.7 Å². The fraction of sp³-hybridized carbons (Fsp3) is 0.538. The molecule has 2 heteroatoms. The van der Waals surface area contributed by atoms with Gasteiger partial charge in [0, 0.05) is 6.04 Å². The standard InChI is InChI=1S/C13H21NO/c1-11(14-3)12(2)15-10-9-13-7-5-4-6-8-13/h4-8,11-12,14H,9-10H2,1-3H3. The van der Waals surface area contributed by atoms with Crippen molar-refractivity contribution in [1.82, 2.24) is 5.32 Å². The van der Waals surface area contributed by atoms with Crippen LogP contribution in [0.5, 0.6) is 0 Å². The number of nitrogens with one attached hydrogen (secondary N) is 1. The highest BCUT2D eigenvalue weighted by molar-refractivity contribution is 5.14. The zero-order chi connectivity index (χ0) is 11.1. The van der Waals surface area contributed by atoms with E-state index in [4.69, 9.17) is 4.74 Å². The molecule has 84 valence electrons. The summed E-state index contributed by atoms with van der Waals surface area (Å²) >= 11 is 0. The lowest BCUT2D eigenvalue weighted by Crippen LogP contribution is -2.35. The molecule has 0 saturated heterocycles. The quantitative estimate of drug-likeness (QED) is 0.772.